The Kier molecular flexibility index (Phi) is 4.38. The molecule has 2 heterocycles. The van der Waals surface area contributed by atoms with Crippen LogP contribution >= 0.6 is 0 Å². The van der Waals surface area contributed by atoms with E-state index in [9.17, 15) is 4.79 Å². The Morgan fingerprint density at radius 2 is 2.19 bits per heavy atom. The number of hydrogen-bond donors (Lipinski definition) is 1. The fourth-order valence-corrected chi connectivity index (χ4v) is 3.47. The third-order valence-corrected chi connectivity index (χ3v) is 4.63. The molecule has 1 aromatic rings. The SMILES string of the molecule is NCCc1ccccc1C(=O)C1CCOC2(CCOC2)C1. The van der Waals surface area contributed by atoms with Crippen LogP contribution in [-0.2, 0) is 15.9 Å². The number of carbonyl (C=O) groups excluding carboxylic acids is 1. The zero-order valence-corrected chi connectivity index (χ0v) is 12.3. The number of Topliss-reactive ketones (excluding diaryl/α,β-unsaturated/α-hetero) is 1. The van der Waals surface area contributed by atoms with Crippen molar-refractivity contribution in [2.75, 3.05) is 26.4 Å². The lowest BCUT2D eigenvalue weighted by atomic mass is 9.80. The largest absolute Gasteiger partial charge is 0.378 e. The maximum Gasteiger partial charge on any atom is 0.166 e. The van der Waals surface area contributed by atoms with E-state index < -0.39 is 0 Å². The molecule has 3 rings (SSSR count). The van der Waals surface area contributed by atoms with Crippen molar-refractivity contribution < 1.29 is 14.3 Å². The van der Waals surface area contributed by atoms with Crippen LogP contribution in [0.25, 0.3) is 0 Å². The van der Waals surface area contributed by atoms with Gasteiger partial charge in [0, 0.05) is 31.1 Å². The fraction of sp³-hybridized carbons (Fsp3) is 0.588. The minimum absolute atomic E-state index is 0.0411. The monoisotopic (exact) mass is 289 g/mol. The Morgan fingerprint density at radius 3 is 2.95 bits per heavy atom. The van der Waals surface area contributed by atoms with E-state index in [4.69, 9.17) is 15.2 Å². The highest BCUT2D eigenvalue weighted by molar-refractivity contribution is 5.99. The molecule has 1 spiro atoms. The van der Waals surface area contributed by atoms with E-state index in [2.05, 4.69) is 0 Å². The molecule has 2 aliphatic rings. The van der Waals surface area contributed by atoms with Gasteiger partial charge in [0.25, 0.3) is 0 Å². The molecule has 0 saturated carbocycles. The summed E-state index contributed by atoms with van der Waals surface area (Å²) in [4.78, 5) is 12.9. The van der Waals surface area contributed by atoms with Gasteiger partial charge in [0.15, 0.2) is 5.78 Å². The Hall–Kier alpha value is -1.23. The molecule has 1 aromatic carbocycles. The lowest BCUT2D eigenvalue weighted by molar-refractivity contribution is -0.0920. The van der Waals surface area contributed by atoms with Crippen LogP contribution in [-0.4, -0.2) is 37.7 Å². The molecule has 0 radical (unpaired) electrons. The summed E-state index contributed by atoms with van der Waals surface area (Å²) in [6.45, 7) is 2.58. The van der Waals surface area contributed by atoms with Gasteiger partial charge in [-0.15, -0.1) is 0 Å². The van der Waals surface area contributed by atoms with Gasteiger partial charge in [-0.05, 0) is 31.4 Å². The van der Waals surface area contributed by atoms with Crippen molar-refractivity contribution in [3.63, 3.8) is 0 Å². The Balaban J connectivity index is 1.78. The van der Waals surface area contributed by atoms with Crippen molar-refractivity contribution in [2.24, 2.45) is 11.7 Å². The molecule has 4 nitrogen and oxygen atoms in total. The van der Waals surface area contributed by atoms with Crippen LogP contribution in [0.2, 0.25) is 0 Å². The van der Waals surface area contributed by atoms with Crippen molar-refractivity contribution >= 4 is 5.78 Å². The number of rotatable bonds is 4. The van der Waals surface area contributed by atoms with Crippen molar-refractivity contribution in [2.45, 2.75) is 31.3 Å². The first-order valence-corrected chi connectivity index (χ1v) is 7.78. The first-order chi connectivity index (χ1) is 10.2. The van der Waals surface area contributed by atoms with Gasteiger partial charge in [-0.25, -0.2) is 0 Å². The third-order valence-electron chi connectivity index (χ3n) is 4.63. The van der Waals surface area contributed by atoms with Crippen molar-refractivity contribution in [1.29, 1.82) is 0 Å². The Bertz CT molecular complexity index is 509. The second-order valence-electron chi connectivity index (χ2n) is 6.08. The van der Waals surface area contributed by atoms with Gasteiger partial charge in [-0.1, -0.05) is 24.3 Å². The van der Waals surface area contributed by atoms with Crippen LogP contribution in [0.5, 0.6) is 0 Å². The zero-order chi connectivity index (χ0) is 14.7. The maximum atomic E-state index is 12.9. The highest BCUT2D eigenvalue weighted by Crippen LogP contribution is 2.37. The molecule has 21 heavy (non-hydrogen) atoms. The molecule has 2 fully saturated rings. The van der Waals surface area contributed by atoms with Gasteiger partial charge in [0.2, 0.25) is 0 Å². The summed E-state index contributed by atoms with van der Waals surface area (Å²) >= 11 is 0. The molecule has 4 heteroatoms. The maximum absolute atomic E-state index is 12.9. The molecule has 2 aliphatic heterocycles. The van der Waals surface area contributed by atoms with Crippen LogP contribution in [0.1, 0.15) is 35.2 Å². The average molecular weight is 289 g/mol. The smallest absolute Gasteiger partial charge is 0.166 e. The van der Waals surface area contributed by atoms with E-state index in [-0.39, 0.29) is 17.3 Å². The van der Waals surface area contributed by atoms with Gasteiger partial charge in [-0.2, -0.15) is 0 Å². The minimum Gasteiger partial charge on any atom is -0.378 e. The van der Waals surface area contributed by atoms with Gasteiger partial charge < -0.3 is 15.2 Å². The van der Waals surface area contributed by atoms with Crippen molar-refractivity contribution in [3.8, 4) is 0 Å². The summed E-state index contributed by atoms with van der Waals surface area (Å²) in [6.07, 6.45) is 3.24. The lowest BCUT2D eigenvalue weighted by Crippen LogP contribution is -2.42. The summed E-state index contributed by atoms with van der Waals surface area (Å²) < 4.78 is 11.4. The molecule has 114 valence electrons. The lowest BCUT2D eigenvalue weighted by Gasteiger charge is -2.36. The van der Waals surface area contributed by atoms with Crippen LogP contribution < -0.4 is 5.73 Å². The molecule has 2 atom stereocenters. The molecular formula is C17H23NO3. The average Bonchev–Trinajstić information content (AvgIpc) is 2.95. The molecule has 2 saturated heterocycles. The highest BCUT2D eigenvalue weighted by Gasteiger charge is 2.43. The number of ether oxygens (including phenoxy) is 2. The minimum atomic E-state index is -0.221. The topological polar surface area (TPSA) is 61.6 Å². The van der Waals surface area contributed by atoms with E-state index in [0.717, 1.165) is 43.4 Å². The molecule has 0 aromatic heterocycles. The summed E-state index contributed by atoms with van der Waals surface area (Å²) in [6, 6.07) is 7.84. The number of ketones is 1. The van der Waals surface area contributed by atoms with Crippen LogP contribution in [0.4, 0.5) is 0 Å². The first-order valence-electron chi connectivity index (χ1n) is 7.78. The van der Waals surface area contributed by atoms with E-state index >= 15 is 0 Å². The number of nitrogens with two attached hydrogens (primary N) is 1. The normalized spacial score (nSPS) is 28.9. The van der Waals surface area contributed by atoms with Crippen LogP contribution in [0, 0.1) is 5.92 Å². The summed E-state index contributed by atoms with van der Waals surface area (Å²) in [7, 11) is 0. The predicted octanol–water partition coefficient (Wildman–Crippen LogP) is 1.96. The van der Waals surface area contributed by atoms with Gasteiger partial charge in [0.05, 0.1) is 12.2 Å². The molecule has 0 aliphatic carbocycles. The zero-order valence-electron chi connectivity index (χ0n) is 12.3. The molecule has 2 N–H and O–H groups in total. The van der Waals surface area contributed by atoms with Crippen LogP contribution in [0.15, 0.2) is 24.3 Å². The predicted molar refractivity (Wildman–Crippen MR) is 80.4 cm³/mol. The number of hydrogen-bond acceptors (Lipinski definition) is 4. The van der Waals surface area contributed by atoms with E-state index in [0.29, 0.717) is 19.8 Å². The van der Waals surface area contributed by atoms with Crippen molar-refractivity contribution in [3.05, 3.63) is 35.4 Å². The third kappa shape index (κ3) is 3.03. The van der Waals surface area contributed by atoms with E-state index in [1.807, 2.05) is 24.3 Å². The quantitative estimate of drug-likeness (QED) is 0.861. The van der Waals surface area contributed by atoms with E-state index in [1.54, 1.807) is 0 Å². The first kappa shape index (κ1) is 14.7. The Labute approximate surface area is 125 Å². The summed E-state index contributed by atoms with van der Waals surface area (Å²) in [5, 5.41) is 0. The van der Waals surface area contributed by atoms with Gasteiger partial charge in [-0.3, -0.25) is 4.79 Å². The fourth-order valence-electron chi connectivity index (χ4n) is 3.47. The summed E-state index contributed by atoms with van der Waals surface area (Å²) in [5.74, 6) is 0.285. The molecule has 0 bridgehead atoms. The molecule has 0 amide bonds. The van der Waals surface area contributed by atoms with Crippen LogP contribution in [0.3, 0.4) is 0 Å². The standard InChI is InChI=1S/C17H23NO3/c18-8-5-13-3-1-2-4-15(13)16(19)14-6-9-21-17(11-14)7-10-20-12-17/h1-4,14H,5-12,18H2. The summed E-state index contributed by atoms with van der Waals surface area (Å²) in [5.41, 5.74) is 7.33. The molecular weight excluding hydrogens is 266 g/mol. The highest BCUT2D eigenvalue weighted by atomic mass is 16.6. The second kappa shape index (κ2) is 6.26. The second-order valence-corrected chi connectivity index (χ2v) is 6.08. The van der Waals surface area contributed by atoms with Gasteiger partial charge >= 0.3 is 0 Å². The van der Waals surface area contributed by atoms with E-state index in [1.165, 1.54) is 0 Å². The van der Waals surface area contributed by atoms with Crippen molar-refractivity contribution in [1.82, 2.24) is 0 Å². The molecule has 2 unspecified atom stereocenters. The number of benzene rings is 1. The number of carbonyl (C=O) groups is 1. The van der Waals surface area contributed by atoms with Gasteiger partial charge in [0.1, 0.15) is 0 Å². The Morgan fingerprint density at radius 1 is 1.33 bits per heavy atom.